The number of hydrogen-bond acceptors (Lipinski definition) is 6. The molecule has 0 spiro atoms. The highest BCUT2D eigenvalue weighted by Gasteiger charge is 2.37. The van der Waals surface area contributed by atoms with Crippen molar-refractivity contribution in [2.24, 2.45) is 0 Å². The van der Waals surface area contributed by atoms with Crippen molar-refractivity contribution in [1.82, 2.24) is 9.80 Å². The Bertz CT molecular complexity index is 1220. The molecule has 2 heterocycles. The van der Waals surface area contributed by atoms with Crippen molar-refractivity contribution < 1.29 is 29.0 Å². The number of carbonyl (C=O) groups is 3. The Morgan fingerprint density at radius 1 is 0.786 bits per heavy atom. The smallest absolute Gasteiger partial charge is 0.410 e. The molecule has 2 saturated heterocycles. The third-order valence-electron chi connectivity index (χ3n) is 6.67. The van der Waals surface area contributed by atoms with Crippen molar-refractivity contribution in [2.45, 2.75) is 96.6 Å². The van der Waals surface area contributed by atoms with E-state index in [2.05, 4.69) is 0 Å². The quantitative estimate of drug-likeness (QED) is 0.408. The number of aliphatic hydroxyl groups is 1. The zero-order chi connectivity index (χ0) is 31.2. The van der Waals surface area contributed by atoms with Crippen LogP contribution in [0.4, 0.5) is 9.59 Å². The van der Waals surface area contributed by atoms with Gasteiger partial charge in [0.2, 0.25) is 0 Å². The topological polar surface area (TPSA) is 96.4 Å². The number of benzene rings is 2. The Morgan fingerprint density at radius 3 is 1.67 bits per heavy atom. The van der Waals surface area contributed by atoms with Crippen LogP contribution in [0.15, 0.2) is 48.5 Å². The van der Waals surface area contributed by atoms with Gasteiger partial charge in [-0.05, 0) is 96.2 Å². The van der Waals surface area contributed by atoms with Crippen LogP contribution in [-0.4, -0.2) is 75.4 Å². The summed E-state index contributed by atoms with van der Waals surface area (Å²) in [5, 5.41) is 11.2. The Balaban J connectivity index is 0.000000230. The monoisotopic (exact) mass is 620 g/mol. The van der Waals surface area contributed by atoms with Gasteiger partial charge in [-0.3, -0.25) is 9.69 Å². The highest BCUT2D eigenvalue weighted by molar-refractivity contribution is 6.30. The second-order valence-electron chi connectivity index (χ2n) is 12.8. The van der Waals surface area contributed by atoms with Crippen LogP contribution in [0.1, 0.15) is 65.5 Å². The standard InChI is InChI=1S/C16H22ClNO3.C16H20ClNO3/c2*1-16(2,3)21-15(20)18-10-14(19)9-13(18)8-11-4-6-12(17)7-5-11/h4-7,13-14,19H,8-10H2,1-3H3;4-7,13H,8-10H2,1-3H3/t13-,14-;13-/m00/s1. The highest BCUT2D eigenvalue weighted by atomic mass is 35.5. The molecule has 8 nitrogen and oxygen atoms in total. The van der Waals surface area contributed by atoms with Crippen LogP contribution in [0.5, 0.6) is 0 Å². The van der Waals surface area contributed by atoms with E-state index in [-0.39, 0.29) is 30.5 Å². The number of rotatable bonds is 4. The Hall–Kier alpha value is -2.81. The van der Waals surface area contributed by atoms with Gasteiger partial charge in [0.05, 0.1) is 19.2 Å². The van der Waals surface area contributed by atoms with E-state index in [4.69, 9.17) is 32.7 Å². The number of amides is 2. The van der Waals surface area contributed by atoms with E-state index in [1.54, 1.807) is 4.90 Å². The van der Waals surface area contributed by atoms with Crippen LogP contribution in [-0.2, 0) is 27.1 Å². The summed E-state index contributed by atoms with van der Waals surface area (Å²) in [6, 6.07) is 14.8. The first-order chi connectivity index (χ1) is 19.5. The van der Waals surface area contributed by atoms with Gasteiger partial charge in [0.1, 0.15) is 11.2 Å². The lowest BCUT2D eigenvalue weighted by Gasteiger charge is -2.28. The number of likely N-dealkylation sites (tertiary alicyclic amines) is 2. The number of hydrogen-bond donors (Lipinski definition) is 1. The van der Waals surface area contributed by atoms with Gasteiger partial charge in [-0.15, -0.1) is 0 Å². The third-order valence-corrected chi connectivity index (χ3v) is 7.17. The van der Waals surface area contributed by atoms with Crippen LogP contribution in [0, 0.1) is 0 Å². The summed E-state index contributed by atoms with van der Waals surface area (Å²) in [4.78, 5) is 39.3. The number of nitrogens with zero attached hydrogens (tertiary/aromatic N) is 2. The molecule has 42 heavy (non-hydrogen) atoms. The summed E-state index contributed by atoms with van der Waals surface area (Å²) in [6.07, 6.45) is 0.986. The van der Waals surface area contributed by atoms with Crippen LogP contribution in [0.3, 0.4) is 0 Å². The van der Waals surface area contributed by atoms with Crippen molar-refractivity contribution in [1.29, 1.82) is 0 Å². The van der Waals surface area contributed by atoms with Gasteiger partial charge in [-0.25, -0.2) is 9.59 Å². The highest BCUT2D eigenvalue weighted by Crippen LogP contribution is 2.25. The largest absolute Gasteiger partial charge is 0.444 e. The molecule has 0 saturated carbocycles. The first-order valence-electron chi connectivity index (χ1n) is 14.2. The van der Waals surface area contributed by atoms with Crippen LogP contribution in [0.2, 0.25) is 10.0 Å². The zero-order valence-corrected chi connectivity index (χ0v) is 26.7. The van der Waals surface area contributed by atoms with Crippen LogP contribution < -0.4 is 0 Å². The second kappa shape index (κ2) is 14.1. The van der Waals surface area contributed by atoms with E-state index < -0.39 is 23.4 Å². The lowest BCUT2D eigenvalue weighted by Crippen LogP contribution is -2.41. The molecule has 0 radical (unpaired) electrons. The van der Waals surface area contributed by atoms with Gasteiger partial charge in [-0.1, -0.05) is 47.5 Å². The van der Waals surface area contributed by atoms with Gasteiger partial charge < -0.3 is 19.5 Å². The van der Waals surface area contributed by atoms with Gasteiger partial charge >= 0.3 is 12.2 Å². The van der Waals surface area contributed by atoms with Crippen LogP contribution in [0.25, 0.3) is 0 Å². The minimum absolute atomic E-state index is 0.0453. The van der Waals surface area contributed by atoms with Gasteiger partial charge in [0.25, 0.3) is 0 Å². The first kappa shape index (κ1) is 33.7. The Morgan fingerprint density at radius 2 is 1.21 bits per heavy atom. The molecule has 2 fully saturated rings. The van der Waals surface area contributed by atoms with Gasteiger partial charge in [-0.2, -0.15) is 0 Å². The molecular formula is C32H42Cl2N2O6. The Labute approximate surface area is 258 Å². The van der Waals surface area contributed by atoms with E-state index in [1.165, 1.54) is 4.90 Å². The van der Waals surface area contributed by atoms with Gasteiger partial charge in [0, 0.05) is 28.5 Å². The molecule has 0 aromatic heterocycles. The molecule has 2 aliphatic heterocycles. The minimum atomic E-state index is -0.562. The maximum Gasteiger partial charge on any atom is 0.410 e. The molecule has 2 aromatic carbocycles. The number of β-amino-alcohol motifs (C(OH)–C–C–N with tert-alkyl or cyclic N) is 1. The summed E-state index contributed by atoms with van der Waals surface area (Å²) < 4.78 is 10.8. The average Bonchev–Trinajstić information content (AvgIpc) is 3.42. The molecule has 230 valence electrons. The maximum absolute atomic E-state index is 12.2. The fraction of sp³-hybridized carbons (Fsp3) is 0.531. The molecule has 1 N–H and O–H groups in total. The molecule has 2 aromatic rings. The lowest BCUT2D eigenvalue weighted by molar-refractivity contribution is -0.117. The molecular weight excluding hydrogens is 579 g/mol. The number of halogens is 2. The first-order valence-corrected chi connectivity index (χ1v) is 14.9. The summed E-state index contributed by atoms with van der Waals surface area (Å²) in [6.45, 7) is 11.4. The minimum Gasteiger partial charge on any atom is -0.444 e. The van der Waals surface area contributed by atoms with E-state index in [9.17, 15) is 19.5 Å². The normalized spacial score (nSPS) is 20.7. The molecule has 0 bridgehead atoms. The molecule has 10 heteroatoms. The molecule has 4 rings (SSSR count). The van der Waals surface area contributed by atoms with Crippen molar-refractivity contribution in [3.05, 3.63) is 69.7 Å². The van der Waals surface area contributed by atoms with Crippen molar-refractivity contribution in [3.63, 3.8) is 0 Å². The number of aliphatic hydroxyl groups excluding tert-OH is 1. The molecule has 0 aliphatic carbocycles. The van der Waals surface area contributed by atoms with E-state index in [0.717, 1.165) is 11.1 Å². The number of ketones is 1. The molecule has 3 atom stereocenters. The molecule has 2 aliphatic rings. The number of carbonyl (C=O) groups excluding carboxylic acids is 3. The van der Waals surface area contributed by atoms with Crippen molar-refractivity contribution in [3.8, 4) is 0 Å². The van der Waals surface area contributed by atoms with Gasteiger partial charge in [0.15, 0.2) is 5.78 Å². The van der Waals surface area contributed by atoms with Crippen LogP contribution >= 0.6 is 23.2 Å². The van der Waals surface area contributed by atoms with E-state index in [0.29, 0.717) is 42.3 Å². The van der Waals surface area contributed by atoms with E-state index >= 15 is 0 Å². The number of Topliss-reactive ketones (excluding diaryl/α,β-unsaturated/α-hetero) is 1. The fourth-order valence-electron chi connectivity index (χ4n) is 4.89. The summed E-state index contributed by atoms with van der Waals surface area (Å²) in [7, 11) is 0. The SMILES string of the molecule is CC(C)(C)OC(=O)N1CC(=O)C[C@@H]1Cc1ccc(Cl)cc1.CC(C)(C)OC(=O)N1C[C@@H](O)C[C@@H]1Cc1ccc(Cl)cc1. The van der Waals surface area contributed by atoms with Crippen molar-refractivity contribution in [2.75, 3.05) is 13.1 Å². The van der Waals surface area contributed by atoms with E-state index in [1.807, 2.05) is 90.1 Å². The zero-order valence-electron chi connectivity index (χ0n) is 25.2. The predicted octanol–water partition coefficient (Wildman–Crippen LogP) is 6.71. The third kappa shape index (κ3) is 10.8. The lowest BCUT2D eigenvalue weighted by atomic mass is 10.0. The van der Waals surface area contributed by atoms with Crippen molar-refractivity contribution >= 4 is 41.2 Å². The second-order valence-corrected chi connectivity index (χ2v) is 13.7. The Kier molecular flexibility index (Phi) is 11.3. The summed E-state index contributed by atoms with van der Waals surface area (Å²) >= 11 is 11.7. The average molecular weight is 622 g/mol. The number of ether oxygens (including phenoxy) is 2. The molecule has 0 unspecified atom stereocenters. The maximum atomic E-state index is 12.2. The summed E-state index contributed by atoms with van der Waals surface area (Å²) in [5.74, 6) is 0.0693. The summed E-state index contributed by atoms with van der Waals surface area (Å²) in [5.41, 5.74) is 1.04. The predicted molar refractivity (Wildman–Crippen MR) is 164 cm³/mol. The fourth-order valence-corrected chi connectivity index (χ4v) is 5.14. The molecule has 2 amide bonds.